The van der Waals surface area contributed by atoms with Crippen molar-refractivity contribution in [1.29, 1.82) is 0 Å². The van der Waals surface area contributed by atoms with E-state index < -0.39 is 6.10 Å². The second kappa shape index (κ2) is 3.90. The molecular weight excluding hydrogens is 212 g/mol. The molecule has 2 heteroatoms. The average Bonchev–Trinajstić information content (AvgIpc) is 2.66. The van der Waals surface area contributed by atoms with E-state index in [1.54, 1.807) is 12.1 Å². The predicted molar refractivity (Wildman–Crippen MR) is 66.1 cm³/mol. The highest BCUT2D eigenvalue weighted by molar-refractivity contribution is 5.48. The Kier molecular flexibility index (Phi) is 2.37. The molecule has 0 aromatic heterocycles. The molecule has 2 N–H and O–H groups in total. The Bertz CT molecular complexity index is 548. The van der Waals surface area contributed by atoms with E-state index in [0.717, 1.165) is 11.1 Å². The Morgan fingerprint density at radius 1 is 0.882 bits per heavy atom. The summed E-state index contributed by atoms with van der Waals surface area (Å²) in [6.07, 6.45) is 0.218. The monoisotopic (exact) mass is 226 g/mol. The van der Waals surface area contributed by atoms with Crippen molar-refractivity contribution >= 4 is 0 Å². The van der Waals surface area contributed by atoms with Gasteiger partial charge >= 0.3 is 0 Å². The first-order valence-electron chi connectivity index (χ1n) is 5.81. The Balaban J connectivity index is 2.13. The first-order valence-corrected chi connectivity index (χ1v) is 5.81. The van der Waals surface area contributed by atoms with Gasteiger partial charge in [0, 0.05) is 11.5 Å². The Hall–Kier alpha value is -1.80. The highest BCUT2D eigenvalue weighted by Crippen LogP contribution is 2.41. The summed E-state index contributed by atoms with van der Waals surface area (Å²) >= 11 is 0. The Labute approximate surface area is 100 Å². The molecular formula is C15H14O2. The number of para-hydroxylation sites is 1. The van der Waals surface area contributed by atoms with Crippen LogP contribution in [0, 0.1) is 0 Å². The second-order valence-electron chi connectivity index (χ2n) is 4.51. The van der Waals surface area contributed by atoms with Crippen LogP contribution in [0.25, 0.3) is 0 Å². The molecule has 86 valence electrons. The molecule has 0 aliphatic heterocycles. The smallest absolute Gasteiger partial charge is 0.119 e. The molecule has 2 atom stereocenters. The fourth-order valence-electron chi connectivity index (χ4n) is 2.70. The first kappa shape index (κ1) is 10.4. The van der Waals surface area contributed by atoms with Gasteiger partial charge in [0.15, 0.2) is 0 Å². The van der Waals surface area contributed by atoms with Crippen LogP contribution in [0.4, 0.5) is 0 Å². The van der Waals surface area contributed by atoms with Gasteiger partial charge in [-0.25, -0.2) is 0 Å². The van der Waals surface area contributed by atoms with Gasteiger partial charge in [-0.2, -0.15) is 0 Å². The van der Waals surface area contributed by atoms with Gasteiger partial charge in [0.05, 0.1) is 6.10 Å². The molecule has 2 aromatic rings. The fraction of sp³-hybridized carbons (Fsp3) is 0.200. The number of phenols is 1. The first-order chi connectivity index (χ1) is 8.27. The van der Waals surface area contributed by atoms with Crippen LogP contribution in [0.15, 0.2) is 48.5 Å². The van der Waals surface area contributed by atoms with Crippen molar-refractivity contribution in [2.75, 3.05) is 0 Å². The molecule has 0 radical (unpaired) electrons. The molecule has 2 aromatic carbocycles. The van der Waals surface area contributed by atoms with E-state index >= 15 is 0 Å². The van der Waals surface area contributed by atoms with Crippen LogP contribution in [0.3, 0.4) is 0 Å². The van der Waals surface area contributed by atoms with Crippen LogP contribution in [-0.2, 0) is 6.42 Å². The van der Waals surface area contributed by atoms with Gasteiger partial charge in [-0.15, -0.1) is 0 Å². The van der Waals surface area contributed by atoms with E-state index in [0.29, 0.717) is 6.42 Å². The number of benzene rings is 2. The third-order valence-corrected chi connectivity index (χ3v) is 3.48. The summed E-state index contributed by atoms with van der Waals surface area (Å²) < 4.78 is 0. The average molecular weight is 226 g/mol. The van der Waals surface area contributed by atoms with Crippen molar-refractivity contribution in [3.8, 4) is 5.75 Å². The van der Waals surface area contributed by atoms with Crippen LogP contribution in [0.1, 0.15) is 22.6 Å². The quantitative estimate of drug-likeness (QED) is 0.784. The fourth-order valence-corrected chi connectivity index (χ4v) is 2.70. The van der Waals surface area contributed by atoms with Gasteiger partial charge in [-0.1, -0.05) is 42.5 Å². The number of hydrogen-bond acceptors (Lipinski definition) is 2. The van der Waals surface area contributed by atoms with Gasteiger partial charge < -0.3 is 10.2 Å². The van der Waals surface area contributed by atoms with E-state index in [4.69, 9.17) is 0 Å². The summed E-state index contributed by atoms with van der Waals surface area (Å²) in [5.41, 5.74) is 3.11. The Morgan fingerprint density at radius 2 is 1.53 bits per heavy atom. The lowest BCUT2D eigenvalue weighted by Gasteiger charge is -2.17. The van der Waals surface area contributed by atoms with Crippen LogP contribution in [0.5, 0.6) is 5.75 Å². The van der Waals surface area contributed by atoms with Crippen molar-refractivity contribution in [2.24, 2.45) is 0 Å². The van der Waals surface area contributed by atoms with Crippen molar-refractivity contribution in [3.63, 3.8) is 0 Å². The summed E-state index contributed by atoms with van der Waals surface area (Å²) in [6, 6.07) is 15.3. The lowest BCUT2D eigenvalue weighted by atomic mass is 9.91. The molecule has 2 nitrogen and oxygen atoms in total. The normalized spacial score (nSPS) is 22.4. The Morgan fingerprint density at radius 3 is 2.29 bits per heavy atom. The van der Waals surface area contributed by atoms with Crippen molar-refractivity contribution < 1.29 is 10.2 Å². The number of fused-ring (bicyclic) bond motifs is 1. The van der Waals surface area contributed by atoms with Crippen LogP contribution >= 0.6 is 0 Å². The molecule has 17 heavy (non-hydrogen) atoms. The maximum Gasteiger partial charge on any atom is 0.119 e. The van der Waals surface area contributed by atoms with Crippen LogP contribution in [0.2, 0.25) is 0 Å². The maximum absolute atomic E-state index is 10.2. The minimum atomic E-state index is -0.444. The number of aliphatic hydroxyl groups excluding tert-OH is 1. The van der Waals surface area contributed by atoms with Crippen LogP contribution in [-0.4, -0.2) is 16.3 Å². The molecule has 0 fully saturated rings. The van der Waals surface area contributed by atoms with E-state index in [9.17, 15) is 10.2 Å². The lowest BCUT2D eigenvalue weighted by Crippen LogP contribution is -2.14. The molecule has 1 aliphatic rings. The number of hydrogen-bond donors (Lipinski definition) is 2. The minimum absolute atomic E-state index is 0.104. The van der Waals surface area contributed by atoms with E-state index in [2.05, 4.69) is 0 Å². The van der Waals surface area contributed by atoms with Gasteiger partial charge in [-0.05, 0) is 23.6 Å². The topological polar surface area (TPSA) is 40.5 Å². The van der Waals surface area contributed by atoms with Gasteiger partial charge in [0.2, 0.25) is 0 Å². The highest BCUT2D eigenvalue weighted by atomic mass is 16.3. The van der Waals surface area contributed by atoms with Gasteiger partial charge in [0.1, 0.15) is 5.75 Å². The van der Waals surface area contributed by atoms with Gasteiger partial charge in [-0.3, -0.25) is 0 Å². The third-order valence-electron chi connectivity index (χ3n) is 3.48. The standard InChI is InChI=1S/C15H14O2/c16-13-8-4-3-7-12(13)15-11-6-2-1-5-10(11)9-14(15)17/h1-8,14-17H,9H2. The number of rotatable bonds is 1. The van der Waals surface area contributed by atoms with Crippen molar-refractivity contribution in [1.82, 2.24) is 0 Å². The third kappa shape index (κ3) is 1.61. The molecule has 0 saturated carbocycles. The van der Waals surface area contributed by atoms with E-state index in [-0.39, 0.29) is 11.7 Å². The largest absolute Gasteiger partial charge is 0.508 e. The van der Waals surface area contributed by atoms with Crippen molar-refractivity contribution in [2.45, 2.75) is 18.4 Å². The predicted octanol–water partition coefficient (Wildman–Crippen LogP) is 2.44. The summed E-state index contributed by atoms with van der Waals surface area (Å²) in [4.78, 5) is 0. The number of aliphatic hydroxyl groups is 1. The van der Waals surface area contributed by atoms with E-state index in [1.165, 1.54) is 5.56 Å². The van der Waals surface area contributed by atoms with E-state index in [1.807, 2.05) is 36.4 Å². The summed E-state index contributed by atoms with van der Waals surface area (Å²) in [7, 11) is 0. The zero-order valence-electron chi connectivity index (χ0n) is 9.38. The maximum atomic E-state index is 10.2. The number of phenolic OH excluding ortho intramolecular Hbond substituents is 1. The van der Waals surface area contributed by atoms with Gasteiger partial charge in [0.25, 0.3) is 0 Å². The molecule has 0 heterocycles. The summed E-state index contributed by atoms with van der Waals surface area (Å²) in [5, 5.41) is 20.1. The molecule has 3 rings (SSSR count). The van der Waals surface area contributed by atoms with Crippen LogP contribution < -0.4 is 0 Å². The number of aromatic hydroxyl groups is 1. The SMILES string of the molecule is Oc1ccccc1C1c2ccccc2CC1O. The highest BCUT2D eigenvalue weighted by Gasteiger charge is 2.33. The summed E-state index contributed by atoms with van der Waals surface area (Å²) in [6.45, 7) is 0. The zero-order valence-corrected chi connectivity index (χ0v) is 9.38. The second-order valence-corrected chi connectivity index (χ2v) is 4.51. The molecule has 2 unspecified atom stereocenters. The molecule has 0 saturated heterocycles. The zero-order chi connectivity index (χ0) is 11.8. The lowest BCUT2D eigenvalue weighted by molar-refractivity contribution is 0.168. The molecule has 0 bridgehead atoms. The molecule has 0 amide bonds. The summed E-state index contributed by atoms with van der Waals surface area (Å²) in [5.74, 6) is 0.153. The van der Waals surface area contributed by atoms with Crippen molar-refractivity contribution in [3.05, 3.63) is 65.2 Å². The molecule has 1 aliphatic carbocycles. The molecule has 0 spiro atoms. The minimum Gasteiger partial charge on any atom is -0.508 e.